The minimum atomic E-state index is -4.68. The van der Waals surface area contributed by atoms with Gasteiger partial charge >= 0.3 is 11.9 Å². The summed E-state index contributed by atoms with van der Waals surface area (Å²) in [5.41, 5.74) is 1.80. The van der Waals surface area contributed by atoms with E-state index in [-0.39, 0.29) is 23.7 Å². The fraction of sp³-hybridized carbons (Fsp3) is 0.304. The minimum absolute atomic E-state index is 0.266. The first kappa shape index (κ1) is 24.0. The van der Waals surface area contributed by atoms with Crippen molar-refractivity contribution in [3.8, 4) is 22.9 Å². The number of ether oxygens (including phenoxy) is 2. The van der Waals surface area contributed by atoms with Gasteiger partial charge < -0.3 is 9.47 Å². The van der Waals surface area contributed by atoms with Crippen LogP contribution in [0.4, 0.5) is 13.2 Å². The van der Waals surface area contributed by atoms with E-state index >= 15 is 0 Å². The number of methoxy groups -OCH3 is 1. The fourth-order valence-electron chi connectivity index (χ4n) is 3.67. The molecule has 0 unspecified atom stereocenters. The molecule has 9 nitrogen and oxygen atoms in total. The average molecular weight is 488 g/mol. The number of rotatable bonds is 6. The summed E-state index contributed by atoms with van der Waals surface area (Å²) in [6, 6.07) is 8.60. The Morgan fingerprint density at radius 2 is 1.74 bits per heavy atom. The molecule has 184 valence electrons. The number of benzene rings is 2. The predicted molar refractivity (Wildman–Crippen MR) is 120 cm³/mol. The first-order valence-electron chi connectivity index (χ1n) is 10.6. The van der Waals surface area contributed by atoms with Crippen molar-refractivity contribution >= 4 is 0 Å². The van der Waals surface area contributed by atoms with Crippen LogP contribution >= 0.6 is 0 Å². The van der Waals surface area contributed by atoms with E-state index in [1.807, 2.05) is 6.92 Å². The van der Waals surface area contributed by atoms with Gasteiger partial charge in [-0.05, 0) is 67.1 Å². The molecule has 4 aromatic rings. The van der Waals surface area contributed by atoms with Gasteiger partial charge in [-0.1, -0.05) is 6.07 Å². The smallest absolute Gasteiger partial charge is 0.420 e. The number of hydrogen-bond acceptors (Lipinski definition) is 6. The third-order valence-corrected chi connectivity index (χ3v) is 5.82. The van der Waals surface area contributed by atoms with Gasteiger partial charge in [0.1, 0.15) is 18.1 Å². The molecule has 0 radical (unpaired) electrons. The maximum absolute atomic E-state index is 14.0. The van der Waals surface area contributed by atoms with E-state index in [0.717, 1.165) is 32.4 Å². The standard InChI is InChI=1S/C23H23F3N6O3/c1-13-14(2)27-31(15(13)3)16-9-10-21(18(11-16)23(24,25)26)35-12-17-19(7-6-8-20(17)34-5)32-22(33)30(4)28-29-32/h6-11H,12H2,1-5H3. The number of nitrogens with zero attached hydrogens (tertiary/aromatic N) is 6. The highest BCUT2D eigenvalue weighted by Crippen LogP contribution is 2.38. The van der Waals surface area contributed by atoms with Crippen LogP contribution in [0, 0.1) is 20.8 Å². The molecule has 0 aliphatic heterocycles. The molecule has 4 rings (SSSR count). The van der Waals surface area contributed by atoms with E-state index in [1.165, 1.54) is 31.0 Å². The molecule has 0 amide bonds. The monoisotopic (exact) mass is 488 g/mol. The molecule has 2 aromatic heterocycles. The van der Waals surface area contributed by atoms with Crippen molar-refractivity contribution in [3.63, 3.8) is 0 Å². The number of aromatic nitrogens is 6. The molecule has 0 spiro atoms. The Kier molecular flexibility index (Phi) is 6.14. The van der Waals surface area contributed by atoms with E-state index < -0.39 is 17.4 Å². The second-order valence-electron chi connectivity index (χ2n) is 7.93. The largest absolute Gasteiger partial charge is 0.496 e. The van der Waals surface area contributed by atoms with Crippen LogP contribution in [0.25, 0.3) is 11.4 Å². The van der Waals surface area contributed by atoms with Gasteiger partial charge in [-0.25, -0.2) is 9.48 Å². The fourth-order valence-corrected chi connectivity index (χ4v) is 3.67. The van der Waals surface area contributed by atoms with Crippen LogP contribution in [0.5, 0.6) is 11.5 Å². The molecule has 0 bridgehead atoms. The summed E-state index contributed by atoms with van der Waals surface area (Å²) in [5.74, 6) is -0.0498. The number of hydrogen-bond donors (Lipinski definition) is 0. The molecule has 0 aliphatic rings. The summed E-state index contributed by atoms with van der Waals surface area (Å²) in [5, 5.41) is 11.8. The number of alkyl halides is 3. The van der Waals surface area contributed by atoms with Crippen molar-refractivity contribution in [3.05, 3.63) is 75.0 Å². The van der Waals surface area contributed by atoms with Crippen LogP contribution in [0.1, 0.15) is 28.1 Å². The maximum Gasteiger partial charge on any atom is 0.420 e. The molecular formula is C23H23F3N6O3. The van der Waals surface area contributed by atoms with Crippen LogP contribution in [-0.2, 0) is 19.8 Å². The SMILES string of the molecule is COc1cccc(-n2nnn(C)c2=O)c1COc1ccc(-n2nc(C)c(C)c2C)cc1C(F)(F)F. The summed E-state index contributed by atoms with van der Waals surface area (Å²) >= 11 is 0. The second kappa shape index (κ2) is 8.93. The van der Waals surface area contributed by atoms with Crippen molar-refractivity contribution in [2.75, 3.05) is 7.11 Å². The average Bonchev–Trinajstić information content (AvgIpc) is 3.29. The Morgan fingerprint density at radius 1 is 1.00 bits per heavy atom. The number of halogens is 3. The van der Waals surface area contributed by atoms with Crippen LogP contribution in [0.15, 0.2) is 41.2 Å². The van der Waals surface area contributed by atoms with Crippen LogP contribution in [0.2, 0.25) is 0 Å². The Labute approximate surface area is 198 Å². The number of tetrazole rings is 1. The zero-order valence-electron chi connectivity index (χ0n) is 19.7. The Morgan fingerprint density at radius 3 is 2.31 bits per heavy atom. The second-order valence-corrected chi connectivity index (χ2v) is 7.93. The summed E-state index contributed by atoms with van der Waals surface area (Å²) in [6.07, 6.45) is -4.68. The molecule has 0 N–H and O–H groups in total. The quantitative estimate of drug-likeness (QED) is 0.411. The predicted octanol–water partition coefficient (Wildman–Crippen LogP) is 3.68. The Hall–Kier alpha value is -4.09. The lowest BCUT2D eigenvalue weighted by molar-refractivity contribution is -0.139. The highest BCUT2D eigenvalue weighted by molar-refractivity contribution is 5.50. The van der Waals surface area contributed by atoms with E-state index in [0.29, 0.717) is 11.3 Å². The van der Waals surface area contributed by atoms with E-state index in [4.69, 9.17) is 9.47 Å². The molecule has 0 aliphatic carbocycles. The molecule has 0 saturated heterocycles. The number of aryl methyl sites for hydroxylation is 2. The van der Waals surface area contributed by atoms with Gasteiger partial charge in [0, 0.05) is 12.7 Å². The van der Waals surface area contributed by atoms with Gasteiger partial charge in [0.05, 0.1) is 35.3 Å². The third kappa shape index (κ3) is 4.38. The van der Waals surface area contributed by atoms with Crippen molar-refractivity contribution in [1.82, 2.24) is 29.6 Å². The Balaban J connectivity index is 1.75. The molecule has 0 atom stereocenters. The van der Waals surface area contributed by atoms with Crippen molar-refractivity contribution in [2.45, 2.75) is 33.6 Å². The van der Waals surface area contributed by atoms with Gasteiger partial charge in [0.25, 0.3) is 0 Å². The van der Waals surface area contributed by atoms with Gasteiger partial charge in [-0.3, -0.25) is 0 Å². The molecule has 2 heterocycles. The molecular weight excluding hydrogens is 465 g/mol. The lowest BCUT2D eigenvalue weighted by Gasteiger charge is -2.18. The highest BCUT2D eigenvalue weighted by atomic mass is 19.4. The van der Waals surface area contributed by atoms with Gasteiger partial charge in [-0.2, -0.15) is 27.6 Å². The highest BCUT2D eigenvalue weighted by Gasteiger charge is 2.35. The summed E-state index contributed by atoms with van der Waals surface area (Å²) in [4.78, 5) is 12.4. The van der Waals surface area contributed by atoms with E-state index in [1.54, 1.807) is 32.0 Å². The molecule has 0 fully saturated rings. The van der Waals surface area contributed by atoms with E-state index in [2.05, 4.69) is 15.5 Å². The topological polar surface area (TPSA) is 89.0 Å². The van der Waals surface area contributed by atoms with Crippen molar-refractivity contribution < 1.29 is 22.6 Å². The van der Waals surface area contributed by atoms with Gasteiger partial charge in [0.2, 0.25) is 0 Å². The molecule has 0 saturated carbocycles. The molecule has 2 aromatic carbocycles. The third-order valence-electron chi connectivity index (χ3n) is 5.82. The van der Waals surface area contributed by atoms with Gasteiger partial charge in [-0.15, -0.1) is 0 Å². The first-order chi connectivity index (χ1) is 16.5. The first-order valence-corrected chi connectivity index (χ1v) is 10.6. The van der Waals surface area contributed by atoms with Crippen LogP contribution in [0.3, 0.4) is 0 Å². The normalized spacial score (nSPS) is 11.7. The van der Waals surface area contributed by atoms with Crippen LogP contribution in [-0.4, -0.2) is 36.7 Å². The van der Waals surface area contributed by atoms with Crippen molar-refractivity contribution in [2.24, 2.45) is 7.05 Å². The lowest BCUT2D eigenvalue weighted by atomic mass is 10.1. The van der Waals surface area contributed by atoms with E-state index in [9.17, 15) is 18.0 Å². The maximum atomic E-state index is 14.0. The van der Waals surface area contributed by atoms with Gasteiger partial charge in [0.15, 0.2) is 0 Å². The summed E-state index contributed by atoms with van der Waals surface area (Å²) in [7, 11) is 2.85. The summed E-state index contributed by atoms with van der Waals surface area (Å²) < 4.78 is 56.5. The summed E-state index contributed by atoms with van der Waals surface area (Å²) in [6.45, 7) is 5.15. The van der Waals surface area contributed by atoms with Crippen LogP contribution < -0.4 is 15.2 Å². The molecule has 35 heavy (non-hydrogen) atoms. The Bertz CT molecular complexity index is 1450. The van der Waals surface area contributed by atoms with Crippen molar-refractivity contribution in [1.29, 1.82) is 0 Å². The zero-order chi connectivity index (χ0) is 25.5. The minimum Gasteiger partial charge on any atom is -0.496 e. The zero-order valence-corrected chi connectivity index (χ0v) is 19.7. The lowest BCUT2D eigenvalue weighted by Crippen LogP contribution is -2.23. The molecule has 12 heteroatoms.